The molecule has 6 heteroatoms. The van der Waals surface area contributed by atoms with Crippen molar-refractivity contribution >= 4 is 17.9 Å². The number of hydrogen-bond donors (Lipinski definition) is 0. The number of carbonyl (C=O) groups excluding carboxylic acids is 3. The standard InChI is InChI=1S/C14H16O6/c1-7(6-10(15)18-2)8-4-5-9-11(14(17)19-3)12(8)20-13(9)16/h4-6,8-9,11-12H,1-3H3/b7-6+/t8-,9-,11-,12+/m0/s1. The van der Waals surface area contributed by atoms with Crippen molar-refractivity contribution in [2.45, 2.75) is 13.0 Å². The van der Waals surface area contributed by atoms with Crippen LogP contribution >= 0.6 is 0 Å². The van der Waals surface area contributed by atoms with Gasteiger partial charge in [-0.05, 0) is 6.92 Å². The highest BCUT2D eigenvalue weighted by Crippen LogP contribution is 2.41. The van der Waals surface area contributed by atoms with E-state index in [9.17, 15) is 14.4 Å². The number of rotatable bonds is 3. The van der Waals surface area contributed by atoms with Gasteiger partial charge < -0.3 is 14.2 Å². The van der Waals surface area contributed by atoms with Gasteiger partial charge in [-0.2, -0.15) is 0 Å². The summed E-state index contributed by atoms with van der Waals surface area (Å²) in [6.07, 6.45) is 4.13. The fourth-order valence-electron chi connectivity index (χ4n) is 2.65. The number of esters is 3. The molecule has 0 aromatic rings. The molecule has 108 valence electrons. The molecule has 0 aromatic heterocycles. The first-order valence-electron chi connectivity index (χ1n) is 6.22. The topological polar surface area (TPSA) is 78.9 Å². The van der Waals surface area contributed by atoms with Crippen molar-refractivity contribution in [3.63, 3.8) is 0 Å². The molecule has 2 aliphatic rings. The summed E-state index contributed by atoms with van der Waals surface area (Å²) in [5, 5.41) is 0. The first-order valence-corrected chi connectivity index (χ1v) is 6.22. The molecule has 2 rings (SSSR count). The van der Waals surface area contributed by atoms with Crippen LogP contribution in [0.5, 0.6) is 0 Å². The second-order valence-corrected chi connectivity index (χ2v) is 4.80. The lowest BCUT2D eigenvalue weighted by Gasteiger charge is -2.27. The van der Waals surface area contributed by atoms with Crippen molar-refractivity contribution in [1.82, 2.24) is 0 Å². The van der Waals surface area contributed by atoms with Gasteiger partial charge in [0.15, 0.2) is 0 Å². The normalized spacial score (nSPS) is 31.8. The second-order valence-electron chi connectivity index (χ2n) is 4.80. The molecule has 0 radical (unpaired) electrons. The van der Waals surface area contributed by atoms with Crippen LogP contribution in [-0.2, 0) is 28.6 Å². The molecule has 1 aliphatic carbocycles. The van der Waals surface area contributed by atoms with Crippen molar-refractivity contribution in [1.29, 1.82) is 0 Å². The van der Waals surface area contributed by atoms with E-state index >= 15 is 0 Å². The number of hydrogen-bond acceptors (Lipinski definition) is 6. The Morgan fingerprint density at radius 2 is 1.95 bits per heavy atom. The van der Waals surface area contributed by atoms with Crippen molar-refractivity contribution in [2.24, 2.45) is 17.8 Å². The summed E-state index contributed by atoms with van der Waals surface area (Å²) < 4.78 is 14.6. The van der Waals surface area contributed by atoms with Crippen LogP contribution in [0.1, 0.15) is 6.92 Å². The van der Waals surface area contributed by atoms with E-state index in [0.29, 0.717) is 5.57 Å². The Morgan fingerprint density at radius 1 is 1.25 bits per heavy atom. The minimum atomic E-state index is -0.663. The Balaban J connectivity index is 2.30. The Labute approximate surface area is 116 Å². The van der Waals surface area contributed by atoms with Gasteiger partial charge in [0.25, 0.3) is 0 Å². The molecule has 0 aromatic carbocycles. The third-order valence-electron chi connectivity index (χ3n) is 3.69. The van der Waals surface area contributed by atoms with E-state index in [1.54, 1.807) is 19.1 Å². The van der Waals surface area contributed by atoms with E-state index in [2.05, 4.69) is 4.74 Å². The third kappa shape index (κ3) is 2.33. The summed E-state index contributed by atoms with van der Waals surface area (Å²) in [5.74, 6) is -3.00. The van der Waals surface area contributed by atoms with Crippen molar-refractivity contribution < 1.29 is 28.6 Å². The van der Waals surface area contributed by atoms with E-state index in [-0.39, 0.29) is 5.92 Å². The number of fused-ring (bicyclic) bond motifs is 2. The van der Waals surface area contributed by atoms with Crippen molar-refractivity contribution in [2.75, 3.05) is 14.2 Å². The second kappa shape index (κ2) is 5.48. The molecule has 0 amide bonds. The zero-order chi connectivity index (χ0) is 14.9. The first kappa shape index (κ1) is 14.3. The predicted molar refractivity (Wildman–Crippen MR) is 67.3 cm³/mol. The minimum absolute atomic E-state index is 0.332. The van der Waals surface area contributed by atoms with Crippen molar-refractivity contribution in [3.05, 3.63) is 23.8 Å². The van der Waals surface area contributed by atoms with E-state index in [1.807, 2.05) is 0 Å². The maximum Gasteiger partial charge on any atom is 0.330 e. The average Bonchev–Trinajstić information content (AvgIpc) is 2.66. The van der Waals surface area contributed by atoms with Gasteiger partial charge in [-0.25, -0.2) is 4.79 Å². The lowest BCUT2D eigenvalue weighted by molar-refractivity contribution is -0.148. The molecule has 0 unspecified atom stereocenters. The van der Waals surface area contributed by atoms with Crippen LogP contribution in [0.4, 0.5) is 0 Å². The summed E-state index contributed by atoms with van der Waals surface area (Å²) in [6, 6.07) is 0. The highest BCUT2D eigenvalue weighted by Gasteiger charge is 2.53. The van der Waals surface area contributed by atoms with Crippen LogP contribution < -0.4 is 0 Å². The van der Waals surface area contributed by atoms with E-state index in [1.165, 1.54) is 20.3 Å². The zero-order valence-corrected chi connectivity index (χ0v) is 11.5. The van der Waals surface area contributed by atoms with E-state index < -0.39 is 35.8 Å². The molecule has 1 saturated heterocycles. The van der Waals surface area contributed by atoms with Crippen LogP contribution in [-0.4, -0.2) is 38.2 Å². The molecule has 4 atom stereocenters. The molecule has 0 N–H and O–H groups in total. The average molecular weight is 280 g/mol. The molecule has 0 spiro atoms. The van der Waals surface area contributed by atoms with Gasteiger partial charge in [-0.15, -0.1) is 0 Å². The Morgan fingerprint density at radius 3 is 2.55 bits per heavy atom. The molecular weight excluding hydrogens is 264 g/mol. The summed E-state index contributed by atoms with van der Waals surface area (Å²) in [6.45, 7) is 1.73. The van der Waals surface area contributed by atoms with Crippen LogP contribution in [0.15, 0.2) is 23.8 Å². The molecule has 6 nitrogen and oxygen atoms in total. The zero-order valence-electron chi connectivity index (χ0n) is 11.5. The van der Waals surface area contributed by atoms with Gasteiger partial charge in [0.05, 0.1) is 20.1 Å². The maximum absolute atomic E-state index is 11.8. The lowest BCUT2D eigenvalue weighted by Crippen LogP contribution is -2.37. The summed E-state index contributed by atoms with van der Waals surface area (Å²) >= 11 is 0. The van der Waals surface area contributed by atoms with Gasteiger partial charge in [0, 0.05) is 12.0 Å². The Kier molecular flexibility index (Phi) is 3.92. The molecule has 1 aliphatic heterocycles. The molecule has 0 saturated carbocycles. The first-order chi connectivity index (χ1) is 9.49. The van der Waals surface area contributed by atoms with Crippen LogP contribution in [0.2, 0.25) is 0 Å². The summed E-state index contributed by atoms with van der Waals surface area (Å²) in [4.78, 5) is 34.8. The third-order valence-corrected chi connectivity index (χ3v) is 3.69. The number of carbonyl (C=O) groups is 3. The SMILES string of the molecule is COC(=O)/C=C(\C)[C@@H]1C=C[C@@H]2C(=O)O[C@H]1[C@H]2C(=O)OC. The fraction of sp³-hybridized carbons (Fsp3) is 0.500. The van der Waals surface area contributed by atoms with Crippen LogP contribution in [0.3, 0.4) is 0 Å². The monoisotopic (exact) mass is 280 g/mol. The molecule has 20 heavy (non-hydrogen) atoms. The lowest BCUT2D eigenvalue weighted by atomic mass is 9.76. The molecule has 1 fully saturated rings. The highest BCUT2D eigenvalue weighted by molar-refractivity contribution is 5.88. The highest BCUT2D eigenvalue weighted by atomic mass is 16.6. The van der Waals surface area contributed by atoms with Gasteiger partial charge in [0.1, 0.15) is 12.0 Å². The van der Waals surface area contributed by atoms with Gasteiger partial charge in [-0.1, -0.05) is 17.7 Å². The Bertz CT molecular complexity index is 504. The molecular formula is C14H16O6. The van der Waals surface area contributed by atoms with Gasteiger partial charge in [0.2, 0.25) is 0 Å². The quantitative estimate of drug-likeness (QED) is 0.326. The number of ether oxygens (including phenoxy) is 3. The summed E-state index contributed by atoms with van der Waals surface area (Å²) in [5.41, 5.74) is 0.667. The molecule has 1 heterocycles. The largest absolute Gasteiger partial charge is 0.469 e. The predicted octanol–water partition coefficient (Wildman–Crippen LogP) is 0.622. The number of methoxy groups -OCH3 is 2. The van der Waals surface area contributed by atoms with Crippen molar-refractivity contribution in [3.8, 4) is 0 Å². The Hall–Kier alpha value is -2.11. The summed E-state index contributed by atoms with van der Waals surface area (Å²) in [7, 11) is 2.56. The smallest absolute Gasteiger partial charge is 0.330 e. The fourth-order valence-corrected chi connectivity index (χ4v) is 2.65. The minimum Gasteiger partial charge on any atom is -0.469 e. The van der Waals surface area contributed by atoms with E-state index in [0.717, 1.165) is 0 Å². The molecule has 2 bridgehead atoms. The van der Waals surface area contributed by atoms with Crippen LogP contribution in [0, 0.1) is 17.8 Å². The maximum atomic E-state index is 11.8. The van der Waals surface area contributed by atoms with Crippen LogP contribution in [0.25, 0.3) is 0 Å². The van der Waals surface area contributed by atoms with Gasteiger partial charge in [-0.3, -0.25) is 9.59 Å². The van der Waals surface area contributed by atoms with Gasteiger partial charge >= 0.3 is 17.9 Å². The van der Waals surface area contributed by atoms with E-state index in [4.69, 9.17) is 9.47 Å².